The maximum atomic E-state index is 2.65. The number of hydrogen-bond donors (Lipinski definition) is 0. The van der Waals surface area contributed by atoms with E-state index in [2.05, 4.69) is 199 Å². The van der Waals surface area contributed by atoms with Crippen LogP contribution in [0.5, 0.6) is 0 Å². The molecule has 9 aromatic rings. The van der Waals surface area contributed by atoms with Gasteiger partial charge in [0.05, 0.1) is 11.4 Å². The smallest absolute Gasteiger partial charge is 0.333 e. The summed E-state index contributed by atoms with van der Waals surface area (Å²) in [6, 6.07) is 68.0. The third-order valence-corrected chi connectivity index (χ3v) is 12.9. The number of para-hydroxylation sites is 2. The van der Waals surface area contributed by atoms with Gasteiger partial charge in [-0.1, -0.05) is 141 Å². The molecule has 0 saturated heterocycles. The van der Waals surface area contributed by atoms with E-state index in [0.717, 1.165) is 6.42 Å². The zero-order chi connectivity index (χ0) is 37.2. The van der Waals surface area contributed by atoms with Gasteiger partial charge in [0.1, 0.15) is 0 Å². The molecule has 0 fully saturated rings. The van der Waals surface area contributed by atoms with Crippen LogP contribution in [0.1, 0.15) is 25.3 Å². The molecule has 0 amide bonds. The highest BCUT2D eigenvalue weighted by Crippen LogP contribution is 2.52. The second kappa shape index (κ2) is 13.4. The lowest BCUT2D eigenvalue weighted by molar-refractivity contribution is 0.795. The SMILES string of the molecule is CCCCc1ccc(N2c3cc(-c4ccccc4)cc4c3B(c3ccc5sc6ccccc6c5c32)N(c2ccccc2)c2ccccc2-4)c(-c2ccccc2)c1. The Morgan fingerprint density at radius 3 is 2.04 bits per heavy atom. The van der Waals surface area contributed by atoms with Gasteiger partial charge in [-0.05, 0) is 106 Å². The van der Waals surface area contributed by atoms with Crippen LogP contribution in [-0.4, -0.2) is 6.85 Å². The van der Waals surface area contributed by atoms with Crippen molar-refractivity contribution in [3.8, 4) is 33.4 Å². The van der Waals surface area contributed by atoms with E-state index in [1.807, 2.05) is 11.3 Å². The monoisotopic (exact) mass is 734 g/mol. The first-order chi connectivity index (χ1) is 27.8. The van der Waals surface area contributed by atoms with Crippen molar-refractivity contribution >= 4 is 77.7 Å². The summed E-state index contributed by atoms with van der Waals surface area (Å²) >= 11 is 1.90. The van der Waals surface area contributed by atoms with Gasteiger partial charge in [-0.25, -0.2) is 0 Å². The first-order valence-electron chi connectivity index (χ1n) is 19.9. The summed E-state index contributed by atoms with van der Waals surface area (Å²) in [5.74, 6) is 0. The topological polar surface area (TPSA) is 6.48 Å². The van der Waals surface area contributed by atoms with Crippen molar-refractivity contribution in [3.63, 3.8) is 0 Å². The van der Waals surface area contributed by atoms with E-state index in [9.17, 15) is 0 Å². The third kappa shape index (κ3) is 5.17. The largest absolute Gasteiger partial charge is 0.376 e. The maximum absolute atomic E-state index is 2.65. The molecule has 0 bridgehead atoms. The molecular formula is C52H39BN2S. The van der Waals surface area contributed by atoms with Crippen molar-refractivity contribution in [2.75, 3.05) is 9.71 Å². The van der Waals surface area contributed by atoms with Gasteiger partial charge in [-0.3, -0.25) is 0 Å². The van der Waals surface area contributed by atoms with Gasteiger partial charge in [0, 0.05) is 48.4 Å². The molecule has 4 heteroatoms. The number of thiophene rings is 1. The molecular weight excluding hydrogens is 695 g/mol. The lowest BCUT2D eigenvalue weighted by Gasteiger charge is -2.46. The average Bonchev–Trinajstić information content (AvgIpc) is 3.66. The Hall–Kier alpha value is -6.36. The van der Waals surface area contributed by atoms with Crippen molar-refractivity contribution < 1.29 is 0 Å². The summed E-state index contributed by atoms with van der Waals surface area (Å²) in [5, 5.41) is 2.63. The third-order valence-electron chi connectivity index (χ3n) is 11.8. The molecule has 2 aliphatic rings. The summed E-state index contributed by atoms with van der Waals surface area (Å²) in [5.41, 5.74) is 17.6. The predicted octanol–water partition coefficient (Wildman–Crippen LogP) is 13.4. The molecule has 0 unspecified atom stereocenters. The molecule has 0 spiro atoms. The highest BCUT2D eigenvalue weighted by atomic mass is 32.1. The first-order valence-corrected chi connectivity index (χ1v) is 20.7. The number of benzene rings is 8. The van der Waals surface area contributed by atoms with Gasteiger partial charge < -0.3 is 9.71 Å². The van der Waals surface area contributed by atoms with Gasteiger partial charge in [0.2, 0.25) is 0 Å². The molecule has 2 aliphatic heterocycles. The zero-order valence-electron chi connectivity index (χ0n) is 31.3. The van der Waals surface area contributed by atoms with Gasteiger partial charge in [-0.2, -0.15) is 0 Å². The Kier molecular flexibility index (Phi) is 7.92. The highest BCUT2D eigenvalue weighted by molar-refractivity contribution is 7.26. The highest BCUT2D eigenvalue weighted by Gasteiger charge is 2.46. The van der Waals surface area contributed by atoms with Crippen molar-refractivity contribution in [3.05, 3.63) is 188 Å². The van der Waals surface area contributed by atoms with Gasteiger partial charge in [0.15, 0.2) is 0 Å². The Morgan fingerprint density at radius 1 is 0.518 bits per heavy atom. The fourth-order valence-corrected chi connectivity index (χ4v) is 10.4. The minimum Gasteiger partial charge on any atom is -0.376 e. The van der Waals surface area contributed by atoms with E-state index >= 15 is 0 Å². The van der Waals surface area contributed by atoms with Crippen molar-refractivity contribution in [1.29, 1.82) is 0 Å². The Labute approximate surface area is 333 Å². The summed E-state index contributed by atoms with van der Waals surface area (Å²) in [6.45, 7) is 2.23. The lowest BCUT2D eigenvalue weighted by Crippen LogP contribution is -2.61. The van der Waals surface area contributed by atoms with E-state index in [-0.39, 0.29) is 6.85 Å². The molecule has 11 rings (SSSR count). The fourth-order valence-electron chi connectivity index (χ4n) is 9.29. The molecule has 0 atom stereocenters. The average molecular weight is 735 g/mol. The van der Waals surface area contributed by atoms with Crippen LogP contribution in [0.3, 0.4) is 0 Å². The minimum atomic E-state index is -0.0551. The summed E-state index contributed by atoms with van der Waals surface area (Å²) < 4.78 is 2.62. The van der Waals surface area contributed by atoms with Crippen LogP contribution in [0.2, 0.25) is 0 Å². The standard InChI is InChI=1S/C52H39BN2S/c1-2-3-17-35-28-30-45(42(32-35)37-20-9-5-10-21-37)54-47-34-38(36-18-7-4-8-19-36)33-43-40-24-13-15-26-46(40)55(39-22-11-6-12-23-39)53(51(43)47)44-29-31-49-50(52(44)54)41-25-14-16-27-48(41)56-49/h4-16,18-34H,2-3,17H2,1H3. The molecule has 8 aromatic carbocycles. The van der Waals surface area contributed by atoms with Crippen molar-refractivity contribution in [1.82, 2.24) is 0 Å². The summed E-state index contributed by atoms with van der Waals surface area (Å²) in [4.78, 5) is 5.26. The number of nitrogens with zero attached hydrogens (tertiary/aromatic N) is 2. The predicted molar refractivity (Wildman–Crippen MR) is 243 cm³/mol. The van der Waals surface area contributed by atoms with Crippen LogP contribution in [0.15, 0.2) is 182 Å². The molecule has 0 saturated carbocycles. The fraction of sp³-hybridized carbons (Fsp3) is 0.0769. The second-order valence-electron chi connectivity index (χ2n) is 15.1. The molecule has 2 nitrogen and oxygen atoms in total. The minimum absolute atomic E-state index is 0.0551. The second-order valence-corrected chi connectivity index (χ2v) is 16.2. The lowest BCUT2D eigenvalue weighted by atomic mass is 9.43. The van der Waals surface area contributed by atoms with E-state index < -0.39 is 0 Å². The number of anilines is 5. The van der Waals surface area contributed by atoms with E-state index in [1.54, 1.807) is 0 Å². The van der Waals surface area contributed by atoms with Crippen LogP contribution >= 0.6 is 11.3 Å². The van der Waals surface area contributed by atoms with Crippen LogP contribution in [0.4, 0.5) is 28.4 Å². The van der Waals surface area contributed by atoms with Gasteiger partial charge in [0.25, 0.3) is 0 Å². The molecule has 3 heterocycles. The number of hydrogen-bond acceptors (Lipinski definition) is 3. The van der Waals surface area contributed by atoms with Gasteiger partial charge >= 0.3 is 6.85 Å². The Bertz CT molecular complexity index is 2920. The molecule has 0 radical (unpaired) electrons. The molecule has 0 N–H and O–H groups in total. The molecule has 56 heavy (non-hydrogen) atoms. The quantitative estimate of drug-likeness (QED) is 0.150. The number of aryl methyl sites for hydroxylation is 1. The van der Waals surface area contributed by atoms with Crippen molar-refractivity contribution in [2.45, 2.75) is 26.2 Å². The maximum Gasteiger partial charge on any atom is 0.333 e. The van der Waals surface area contributed by atoms with Crippen LogP contribution < -0.4 is 20.6 Å². The molecule has 1 aromatic heterocycles. The first kappa shape index (κ1) is 33.0. The number of unbranched alkanes of at least 4 members (excludes halogenated alkanes) is 1. The Morgan fingerprint density at radius 2 is 1.23 bits per heavy atom. The van der Waals surface area contributed by atoms with E-state index in [4.69, 9.17) is 0 Å². The number of rotatable bonds is 7. The Balaban J connectivity index is 1.32. The zero-order valence-corrected chi connectivity index (χ0v) is 32.1. The van der Waals surface area contributed by atoms with Crippen LogP contribution in [0, 0.1) is 0 Å². The van der Waals surface area contributed by atoms with Crippen LogP contribution in [0.25, 0.3) is 53.6 Å². The normalized spacial score (nSPS) is 12.8. The molecule has 266 valence electrons. The van der Waals surface area contributed by atoms with Crippen LogP contribution in [-0.2, 0) is 6.42 Å². The van der Waals surface area contributed by atoms with E-state index in [0.29, 0.717) is 0 Å². The summed E-state index contributed by atoms with van der Waals surface area (Å²) in [7, 11) is 0. The van der Waals surface area contributed by atoms with Crippen molar-refractivity contribution in [2.24, 2.45) is 0 Å². The van der Waals surface area contributed by atoms with Gasteiger partial charge in [-0.15, -0.1) is 11.3 Å². The molecule has 0 aliphatic carbocycles. The van der Waals surface area contributed by atoms with E-state index in [1.165, 1.54) is 111 Å². The summed E-state index contributed by atoms with van der Waals surface area (Å²) in [6.07, 6.45) is 3.41. The number of fused-ring (bicyclic) bond motifs is 8.